The van der Waals surface area contributed by atoms with E-state index < -0.39 is 53.7 Å². The summed E-state index contributed by atoms with van der Waals surface area (Å²) in [5.74, 6) is 1.62. The van der Waals surface area contributed by atoms with Crippen molar-refractivity contribution in [2.45, 2.75) is 211 Å². The highest BCUT2D eigenvalue weighted by atomic mass is 35.5. The van der Waals surface area contributed by atoms with E-state index in [4.69, 9.17) is 144 Å². The second-order valence-corrected chi connectivity index (χ2v) is 41.8. The first kappa shape index (κ1) is 126. The van der Waals surface area contributed by atoms with E-state index in [0.29, 0.717) is 35.7 Å². The van der Waals surface area contributed by atoms with Crippen molar-refractivity contribution in [1.82, 2.24) is 0 Å². The van der Waals surface area contributed by atoms with Crippen molar-refractivity contribution in [2.24, 2.45) is 0 Å². The van der Waals surface area contributed by atoms with Gasteiger partial charge < -0.3 is 50.7 Å². The third-order valence-electron chi connectivity index (χ3n) is 16.8. The van der Waals surface area contributed by atoms with Crippen molar-refractivity contribution in [3.8, 4) is 5.75 Å². The second-order valence-electron chi connectivity index (χ2n) is 28.2. The van der Waals surface area contributed by atoms with Crippen LogP contribution in [0.2, 0.25) is 40.2 Å². The smallest absolute Gasteiger partial charge is 0.313 e. The van der Waals surface area contributed by atoms with Crippen molar-refractivity contribution < 1.29 is 93.8 Å². The van der Waals surface area contributed by atoms with Crippen LogP contribution in [0.3, 0.4) is 0 Å². The fourth-order valence-electron chi connectivity index (χ4n) is 10.2. The number of benzene rings is 9. The van der Waals surface area contributed by atoms with E-state index in [1.165, 1.54) is 16.7 Å². The summed E-state index contributed by atoms with van der Waals surface area (Å²) in [5.41, 5.74) is 0. The van der Waals surface area contributed by atoms with E-state index in [1.54, 1.807) is 113 Å². The maximum atomic E-state index is 10.3. The zero-order chi connectivity index (χ0) is 99.9. The molecule has 0 aliphatic rings. The summed E-state index contributed by atoms with van der Waals surface area (Å²) < 4.78 is 5.09. The van der Waals surface area contributed by atoms with Crippen LogP contribution in [0.25, 0.3) is 0 Å². The van der Waals surface area contributed by atoms with Crippen molar-refractivity contribution in [3.63, 3.8) is 0 Å². The maximum Gasteiger partial charge on any atom is 0.313 e. The molecule has 0 amide bonds. The number of hydrogen-bond donors (Lipinski definition) is 9. The minimum absolute atomic E-state index is 0.0454. The van der Waals surface area contributed by atoms with Gasteiger partial charge in [-0.3, -0.25) is 43.2 Å². The first-order chi connectivity index (χ1) is 64.8. The number of carboxylic acid groups (broad SMARTS) is 9. The Kier molecular flexibility index (Phi) is 79.0. The van der Waals surface area contributed by atoms with E-state index in [2.05, 4.69) is 0 Å². The Morgan fingerprint density at radius 1 is 0.215 bits per heavy atom. The third-order valence-corrected chi connectivity index (χ3v) is 29.8. The lowest BCUT2D eigenvalue weighted by Gasteiger charge is -2.03. The molecule has 9 aromatic rings. The Morgan fingerprint density at radius 3 is 0.674 bits per heavy atom. The molecule has 0 aromatic heterocycles. The Morgan fingerprint density at radius 2 is 0.415 bits per heavy atom. The van der Waals surface area contributed by atoms with Gasteiger partial charge in [0.15, 0.2) is 0 Å². The van der Waals surface area contributed by atoms with Gasteiger partial charge in [-0.15, -0.1) is 106 Å². The van der Waals surface area contributed by atoms with Crippen LogP contribution in [-0.2, 0) is 43.2 Å². The van der Waals surface area contributed by atoms with Crippen LogP contribution in [0.15, 0.2) is 262 Å². The van der Waals surface area contributed by atoms with Crippen molar-refractivity contribution in [1.29, 1.82) is 0 Å². The number of ether oxygens (including phenoxy) is 1. The first-order valence-electron chi connectivity index (χ1n) is 43.0. The molecule has 0 saturated carbocycles. The Bertz CT molecular complexity index is 4820. The van der Waals surface area contributed by atoms with Crippen LogP contribution in [0.4, 0.5) is 0 Å². The molecule has 0 unspecified atom stereocenters. The van der Waals surface area contributed by atoms with Crippen LogP contribution >= 0.6 is 199 Å². The van der Waals surface area contributed by atoms with Crippen LogP contribution < -0.4 is 4.74 Å². The van der Waals surface area contributed by atoms with Crippen LogP contribution in [0.1, 0.15) is 167 Å². The summed E-state index contributed by atoms with van der Waals surface area (Å²) in [7, 11) is 1.63. The predicted molar refractivity (Wildman–Crippen MR) is 570 cm³/mol. The van der Waals surface area contributed by atoms with Crippen molar-refractivity contribution in [3.05, 3.63) is 259 Å². The Hall–Kier alpha value is -6.52. The van der Waals surface area contributed by atoms with Crippen molar-refractivity contribution in [2.75, 3.05) is 58.9 Å². The lowest BCUT2D eigenvalue weighted by atomic mass is 10.1. The molecular formula is C99H118Cl8O19S9. The van der Waals surface area contributed by atoms with E-state index in [0.717, 1.165) is 217 Å². The van der Waals surface area contributed by atoms with Gasteiger partial charge in [0.1, 0.15) is 5.75 Å². The minimum Gasteiger partial charge on any atom is -0.497 e. The highest BCUT2D eigenvalue weighted by Gasteiger charge is 2.10. The molecule has 738 valence electrons. The number of methoxy groups -OCH3 is 1. The number of carbonyl (C=O) groups is 9. The van der Waals surface area contributed by atoms with Gasteiger partial charge in [0.25, 0.3) is 0 Å². The zero-order valence-corrected chi connectivity index (χ0v) is 88.2. The molecule has 0 aliphatic carbocycles. The number of unbranched alkanes of at least 4 members (excludes halogenated alkanes) is 10. The van der Waals surface area contributed by atoms with E-state index in [1.807, 2.05) is 206 Å². The molecule has 0 heterocycles. The average Bonchev–Trinajstić information content (AvgIpc) is 0.919. The van der Waals surface area contributed by atoms with Crippen LogP contribution in [-0.4, -0.2) is 159 Å². The molecule has 0 fully saturated rings. The number of rotatable bonds is 54. The maximum absolute atomic E-state index is 10.3. The normalized spacial score (nSPS) is 10.2. The van der Waals surface area contributed by atoms with Gasteiger partial charge in [-0.25, -0.2) is 0 Å². The summed E-state index contributed by atoms with van der Waals surface area (Å²) in [6, 6.07) is 68.9. The Labute approximate surface area is 872 Å². The summed E-state index contributed by atoms with van der Waals surface area (Å²) in [5, 5.41) is 81.9. The average molecular weight is 2180 g/mol. The molecule has 19 nitrogen and oxygen atoms in total. The molecule has 0 aliphatic heterocycles. The van der Waals surface area contributed by atoms with Crippen molar-refractivity contribution >= 4 is 252 Å². The number of carboxylic acids is 9. The SMILES string of the molecule is COc1cccc(SCCCC(=O)O)c1.O=C(O)CCCCCCCSc1ccccc1Cl.O=C(O)CCCCCSc1cccc(Cl)c1.O=C(O)CCCCCSc1ccccc1Cl.O=C(O)CCCCSc1cccc(Cl)c1.O=C(O)CCCCSc1ccccc1Cl.O=C(O)CCCSc1cccc(Cl)c1.O=C(O)CCCSc1ccccc1Cl.O=C(O)CSc1ccccc1Cl. The standard InChI is InChI=1S/C14H19ClO2S.2C12H15ClO2S.2C11H13ClO2S.C11H14O3S.2C10H11ClO2S.C8H7ClO2S/c15-12-8-5-6-9-13(12)18-11-7-3-1-2-4-10-14(16)17;13-10-6-3-4-7-11(10)16-9-5-1-2-8-12(14)15;13-10-5-4-6-11(9-10)16-8-3-1-2-7-12(14)15;12-9-4-3-5-10(8-9)15-7-2-1-6-11(13)14;12-9-5-1-2-6-10(9)15-8-4-3-7-11(13)14;1-14-9-4-2-5-10(8-9)15-7-3-6-11(12)13;11-8-3-1-4-9(7-8)14-6-2-5-10(12)13;11-8-4-1-2-5-9(8)14-7-3-6-10(12)13;9-6-3-1-2-4-7(6)12-5-8(10)11/h5-6,8-9H,1-4,7,10-11H2,(H,16,17);3-4,6-7H,1-2,5,8-9H2,(H,14,15);4-6,9H,1-3,7-8H2,(H,14,15);3-5,8H,1-2,6-7H2,(H,13,14);1-2,5-6H,3-4,7-8H2,(H,13,14);2,4-5,8H,3,6-7H2,1H3,(H,12,13);1,3-4,7H,2,5-6H2,(H,12,13);1-2,4-5H,3,6-7H2,(H,12,13);1-4H,5H2,(H,10,11). The van der Waals surface area contributed by atoms with Gasteiger partial charge in [-0.05, 0) is 263 Å². The summed E-state index contributed by atoms with van der Waals surface area (Å²) in [6.45, 7) is 0. The van der Waals surface area contributed by atoms with Gasteiger partial charge in [-0.1, -0.05) is 210 Å². The van der Waals surface area contributed by atoms with E-state index in [9.17, 15) is 43.2 Å². The highest BCUT2D eigenvalue weighted by molar-refractivity contribution is 8.01. The Balaban J connectivity index is 0.000000761. The van der Waals surface area contributed by atoms with Crippen LogP contribution in [0.5, 0.6) is 5.75 Å². The van der Waals surface area contributed by atoms with Crippen LogP contribution in [0, 0.1) is 0 Å². The highest BCUT2D eigenvalue weighted by Crippen LogP contribution is 2.34. The molecule has 36 heteroatoms. The summed E-state index contributed by atoms with van der Waals surface area (Å²) >= 11 is 62.0. The number of thioether (sulfide) groups is 9. The first-order valence-corrected chi connectivity index (χ1v) is 54.9. The molecule has 135 heavy (non-hydrogen) atoms. The molecule has 9 N–H and O–H groups in total. The molecule has 0 saturated heterocycles. The zero-order valence-electron chi connectivity index (χ0n) is 74.8. The molecule has 9 rings (SSSR count). The summed E-state index contributed by atoms with van der Waals surface area (Å²) in [6.07, 6.45) is 18.2. The number of halogens is 8. The lowest BCUT2D eigenvalue weighted by Crippen LogP contribution is -1.97. The van der Waals surface area contributed by atoms with Gasteiger partial charge in [0, 0.05) is 110 Å². The predicted octanol–water partition coefficient (Wildman–Crippen LogP) is 32.1. The quantitative estimate of drug-likeness (QED) is 0.0126. The molecule has 0 radical (unpaired) electrons. The third kappa shape index (κ3) is 77.0. The number of aliphatic carboxylic acids is 9. The monoisotopic (exact) mass is 2180 g/mol. The van der Waals surface area contributed by atoms with E-state index in [-0.39, 0.29) is 50.7 Å². The molecule has 0 spiro atoms. The largest absolute Gasteiger partial charge is 0.497 e. The second kappa shape index (κ2) is 84.4. The van der Waals surface area contributed by atoms with Gasteiger partial charge in [0.2, 0.25) is 0 Å². The topological polar surface area (TPSA) is 345 Å². The molecule has 0 atom stereocenters. The fourth-order valence-corrected chi connectivity index (χ4v) is 20.6. The van der Waals surface area contributed by atoms with E-state index >= 15 is 0 Å². The van der Waals surface area contributed by atoms with Gasteiger partial charge in [0.05, 0.1) is 38.0 Å². The lowest BCUT2D eigenvalue weighted by molar-refractivity contribution is -0.138. The fraction of sp³-hybridized carbons (Fsp3) is 0.364. The molecular weight excluding hydrogens is 2070 g/mol. The number of hydrogen-bond acceptors (Lipinski definition) is 19. The summed E-state index contributed by atoms with van der Waals surface area (Å²) in [4.78, 5) is 102. The van der Waals surface area contributed by atoms with Gasteiger partial charge >= 0.3 is 53.7 Å². The molecule has 0 bridgehead atoms. The van der Waals surface area contributed by atoms with Gasteiger partial charge in [-0.2, -0.15) is 0 Å². The minimum atomic E-state index is -0.833. The molecule has 9 aromatic carbocycles.